The summed E-state index contributed by atoms with van der Waals surface area (Å²) < 4.78 is 15.3. The van der Waals surface area contributed by atoms with Crippen LogP contribution in [0, 0.1) is 17.7 Å². The van der Waals surface area contributed by atoms with E-state index in [1.165, 1.54) is 18.6 Å². The van der Waals surface area contributed by atoms with Crippen LogP contribution in [0.2, 0.25) is 5.02 Å². The minimum Gasteiger partial charge on any atom is -0.369 e. The van der Waals surface area contributed by atoms with E-state index in [-0.39, 0.29) is 5.02 Å². The highest BCUT2D eigenvalue weighted by molar-refractivity contribution is 6.31. The van der Waals surface area contributed by atoms with Crippen LogP contribution in [0.25, 0.3) is 11.0 Å². The Balaban J connectivity index is 2.09. The highest BCUT2D eigenvalue weighted by Crippen LogP contribution is 2.40. The maximum Gasteiger partial charge on any atom is 0.201 e. The van der Waals surface area contributed by atoms with E-state index < -0.39 is 5.82 Å². The number of rotatable bonds is 2. The summed E-state index contributed by atoms with van der Waals surface area (Å²) in [5.74, 6) is 1.36. The molecule has 5 heteroatoms. The fourth-order valence-corrected chi connectivity index (χ4v) is 2.38. The van der Waals surface area contributed by atoms with Crippen molar-refractivity contribution in [2.75, 3.05) is 5.73 Å². The number of fused-ring (bicyclic) bond motifs is 1. The summed E-state index contributed by atoms with van der Waals surface area (Å²) in [5.41, 5.74) is 7.24. The first-order chi connectivity index (χ1) is 8.06. The Morgan fingerprint density at radius 2 is 2.29 bits per heavy atom. The maximum atomic E-state index is 13.5. The summed E-state index contributed by atoms with van der Waals surface area (Å²) in [4.78, 5) is 4.21. The Labute approximate surface area is 103 Å². The molecule has 0 bridgehead atoms. The van der Waals surface area contributed by atoms with Gasteiger partial charge in [-0.1, -0.05) is 18.5 Å². The van der Waals surface area contributed by atoms with E-state index in [2.05, 4.69) is 11.9 Å². The number of hydrogen-bond acceptors (Lipinski definition) is 2. The highest BCUT2D eigenvalue weighted by Gasteiger charge is 2.33. The van der Waals surface area contributed by atoms with Crippen molar-refractivity contribution in [3.8, 4) is 0 Å². The Kier molecular flexibility index (Phi) is 2.30. The largest absolute Gasteiger partial charge is 0.369 e. The van der Waals surface area contributed by atoms with Gasteiger partial charge in [-0.3, -0.25) is 0 Å². The van der Waals surface area contributed by atoms with Crippen LogP contribution < -0.4 is 5.73 Å². The molecule has 2 atom stereocenters. The van der Waals surface area contributed by atoms with Gasteiger partial charge in [0.15, 0.2) is 0 Å². The van der Waals surface area contributed by atoms with Crippen LogP contribution in [0.15, 0.2) is 12.1 Å². The molecule has 0 saturated heterocycles. The zero-order valence-electron chi connectivity index (χ0n) is 9.45. The summed E-state index contributed by atoms with van der Waals surface area (Å²) in [7, 11) is 0. The number of imidazole rings is 1. The molecule has 90 valence electrons. The van der Waals surface area contributed by atoms with Crippen LogP contribution in [0.4, 0.5) is 10.3 Å². The lowest BCUT2D eigenvalue weighted by Crippen LogP contribution is -2.05. The SMILES string of the molecule is CC1CC1Cn1c(N)nc2cc(Cl)c(F)cc21. The molecule has 1 saturated carbocycles. The van der Waals surface area contributed by atoms with Crippen molar-refractivity contribution in [2.45, 2.75) is 19.9 Å². The molecule has 2 N–H and O–H groups in total. The normalized spacial score (nSPS) is 23.2. The summed E-state index contributed by atoms with van der Waals surface area (Å²) >= 11 is 5.73. The fourth-order valence-electron chi connectivity index (χ4n) is 2.22. The third kappa shape index (κ3) is 1.76. The van der Waals surface area contributed by atoms with E-state index in [0.717, 1.165) is 18.0 Å². The number of nitrogens with two attached hydrogens (primary N) is 1. The third-order valence-electron chi connectivity index (χ3n) is 3.51. The van der Waals surface area contributed by atoms with Gasteiger partial charge in [0, 0.05) is 12.6 Å². The first kappa shape index (κ1) is 10.8. The van der Waals surface area contributed by atoms with Crippen molar-refractivity contribution in [3.05, 3.63) is 23.0 Å². The van der Waals surface area contributed by atoms with Crippen molar-refractivity contribution in [1.82, 2.24) is 9.55 Å². The van der Waals surface area contributed by atoms with E-state index in [1.54, 1.807) is 0 Å². The first-order valence-electron chi connectivity index (χ1n) is 5.67. The van der Waals surface area contributed by atoms with E-state index in [1.807, 2.05) is 4.57 Å². The van der Waals surface area contributed by atoms with Crippen molar-refractivity contribution in [2.24, 2.45) is 11.8 Å². The van der Waals surface area contributed by atoms with Crippen molar-refractivity contribution >= 4 is 28.6 Å². The molecule has 0 radical (unpaired) electrons. The Morgan fingerprint density at radius 3 is 2.94 bits per heavy atom. The van der Waals surface area contributed by atoms with Crippen LogP contribution >= 0.6 is 11.6 Å². The Morgan fingerprint density at radius 1 is 1.59 bits per heavy atom. The van der Waals surface area contributed by atoms with Crippen molar-refractivity contribution in [1.29, 1.82) is 0 Å². The van der Waals surface area contributed by atoms with Gasteiger partial charge in [-0.2, -0.15) is 0 Å². The number of halogens is 2. The van der Waals surface area contributed by atoms with Crippen molar-refractivity contribution < 1.29 is 4.39 Å². The number of hydrogen-bond donors (Lipinski definition) is 1. The van der Waals surface area contributed by atoms with E-state index in [0.29, 0.717) is 17.4 Å². The summed E-state index contributed by atoms with van der Waals surface area (Å²) in [6.45, 7) is 3.02. The van der Waals surface area contributed by atoms with Gasteiger partial charge in [0.25, 0.3) is 0 Å². The number of benzene rings is 1. The predicted molar refractivity (Wildman–Crippen MR) is 66.4 cm³/mol. The fraction of sp³-hybridized carbons (Fsp3) is 0.417. The third-order valence-corrected chi connectivity index (χ3v) is 3.80. The molecule has 0 aliphatic heterocycles. The van der Waals surface area contributed by atoms with Gasteiger partial charge < -0.3 is 10.3 Å². The summed E-state index contributed by atoms with van der Waals surface area (Å²) in [6, 6.07) is 2.93. The second-order valence-corrected chi connectivity index (χ2v) is 5.22. The molecule has 1 aliphatic rings. The molecule has 1 aromatic heterocycles. The van der Waals surface area contributed by atoms with Gasteiger partial charge in [0.2, 0.25) is 5.95 Å². The van der Waals surface area contributed by atoms with Gasteiger partial charge in [0.1, 0.15) is 5.82 Å². The Bertz CT molecular complexity index is 593. The lowest BCUT2D eigenvalue weighted by Gasteiger charge is -2.05. The molecule has 3 rings (SSSR count). The number of nitrogens with zero attached hydrogens (tertiary/aromatic N) is 2. The molecule has 0 spiro atoms. The molecule has 1 aliphatic carbocycles. The monoisotopic (exact) mass is 253 g/mol. The topological polar surface area (TPSA) is 43.8 Å². The van der Waals surface area contributed by atoms with Crippen LogP contribution in [0.5, 0.6) is 0 Å². The molecule has 1 aromatic carbocycles. The lowest BCUT2D eigenvalue weighted by molar-refractivity contribution is 0.607. The van der Waals surface area contributed by atoms with Crippen LogP contribution in [-0.2, 0) is 6.54 Å². The minimum absolute atomic E-state index is 0.0851. The van der Waals surface area contributed by atoms with Gasteiger partial charge in [-0.25, -0.2) is 9.37 Å². The number of aromatic nitrogens is 2. The summed E-state index contributed by atoms with van der Waals surface area (Å²) in [5, 5.41) is 0.0851. The highest BCUT2D eigenvalue weighted by atomic mass is 35.5. The zero-order chi connectivity index (χ0) is 12.2. The van der Waals surface area contributed by atoms with Crippen LogP contribution in [0.1, 0.15) is 13.3 Å². The molecular weight excluding hydrogens is 241 g/mol. The van der Waals surface area contributed by atoms with Gasteiger partial charge in [-0.05, 0) is 24.3 Å². The standard InChI is InChI=1S/C12H13ClFN3/c1-6-2-7(6)5-17-11-4-9(14)8(13)3-10(11)16-12(17)15/h3-4,6-7H,2,5H2,1H3,(H2,15,16). The van der Waals surface area contributed by atoms with E-state index in [4.69, 9.17) is 17.3 Å². The molecule has 2 unspecified atom stereocenters. The maximum absolute atomic E-state index is 13.5. The molecule has 0 amide bonds. The average molecular weight is 254 g/mol. The average Bonchev–Trinajstić information content (AvgIpc) is 2.88. The van der Waals surface area contributed by atoms with Gasteiger partial charge >= 0.3 is 0 Å². The summed E-state index contributed by atoms with van der Waals surface area (Å²) in [6.07, 6.45) is 1.20. The second-order valence-electron chi connectivity index (χ2n) is 4.81. The molecule has 3 nitrogen and oxygen atoms in total. The number of nitrogen functional groups attached to an aromatic ring is 1. The lowest BCUT2D eigenvalue weighted by atomic mass is 10.3. The Hall–Kier alpha value is -1.29. The quantitative estimate of drug-likeness (QED) is 0.894. The molecular formula is C12H13ClFN3. The minimum atomic E-state index is -0.427. The smallest absolute Gasteiger partial charge is 0.201 e. The molecule has 1 heterocycles. The van der Waals surface area contributed by atoms with Crippen molar-refractivity contribution in [3.63, 3.8) is 0 Å². The molecule has 17 heavy (non-hydrogen) atoms. The van der Waals surface area contributed by atoms with E-state index >= 15 is 0 Å². The first-order valence-corrected chi connectivity index (χ1v) is 6.05. The number of anilines is 1. The predicted octanol–water partition coefficient (Wildman–Crippen LogP) is 3.07. The van der Waals surface area contributed by atoms with Gasteiger partial charge in [0.05, 0.1) is 16.1 Å². The zero-order valence-corrected chi connectivity index (χ0v) is 10.2. The molecule has 1 fully saturated rings. The van der Waals surface area contributed by atoms with Crippen LogP contribution in [0.3, 0.4) is 0 Å². The molecule has 2 aromatic rings. The van der Waals surface area contributed by atoms with E-state index in [9.17, 15) is 4.39 Å². The van der Waals surface area contributed by atoms with Gasteiger partial charge in [-0.15, -0.1) is 0 Å². The second kappa shape index (κ2) is 3.60. The van der Waals surface area contributed by atoms with Crippen LogP contribution in [-0.4, -0.2) is 9.55 Å².